The standard InChI is InChI=1S/2C16H21N3O/c2*1-12-16(13-7-4-3-5-8-13)20-15-10-6-9-14(11-17)19(15)18(12)2/h2*3-5,7-8,12,14-16H,6,9-10H2,1-2H3/t2*12-,14+,15+,16+/m00/s1. The van der Waals surface area contributed by atoms with Crippen molar-refractivity contribution >= 4 is 0 Å². The van der Waals surface area contributed by atoms with Crippen LogP contribution in [0.25, 0.3) is 0 Å². The van der Waals surface area contributed by atoms with E-state index in [0.29, 0.717) is 0 Å². The molecule has 0 aromatic heterocycles. The lowest BCUT2D eigenvalue weighted by Gasteiger charge is -2.53. The molecular weight excluding hydrogens is 500 g/mol. The van der Waals surface area contributed by atoms with Gasteiger partial charge in [0.25, 0.3) is 0 Å². The van der Waals surface area contributed by atoms with E-state index in [2.05, 4.69) is 109 Å². The summed E-state index contributed by atoms with van der Waals surface area (Å²) in [5.41, 5.74) is 2.43. The highest BCUT2D eigenvalue weighted by atomic mass is 16.5. The van der Waals surface area contributed by atoms with Gasteiger partial charge in [-0.15, -0.1) is 0 Å². The minimum atomic E-state index is -0.0575. The van der Waals surface area contributed by atoms with Crippen molar-refractivity contribution in [1.82, 2.24) is 20.0 Å². The molecule has 0 radical (unpaired) electrons. The molecule has 40 heavy (non-hydrogen) atoms. The van der Waals surface area contributed by atoms with Crippen molar-refractivity contribution < 1.29 is 9.47 Å². The van der Waals surface area contributed by atoms with Crippen molar-refractivity contribution in [3.05, 3.63) is 71.8 Å². The molecule has 0 aliphatic carbocycles. The quantitative estimate of drug-likeness (QED) is 0.500. The number of piperidine rings is 2. The number of rotatable bonds is 2. The zero-order valence-corrected chi connectivity index (χ0v) is 24.1. The van der Waals surface area contributed by atoms with Gasteiger partial charge >= 0.3 is 0 Å². The van der Waals surface area contributed by atoms with Crippen LogP contribution < -0.4 is 0 Å². The number of fused-ring (bicyclic) bond motifs is 2. The number of likely N-dealkylation sites (N-methyl/N-ethyl adjacent to an activating group) is 2. The Morgan fingerprint density at radius 2 is 1.00 bits per heavy atom. The average Bonchev–Trinajstić information content (AvgIpc) is 3.01. The lowest BCUT2D eigenvalue weighted by atomic mass is 9.98. The topological polar surface area (TPSA) is 79.0 Å². The predicted molar refractivity (Wildman–Crippen MR) is 153 cm³/mol. The molecule has 4 heterocycles. The lowest BCUT2D eigenvalue weighted by molar-refractivity contribution is -0.280. The second kappa shape index (κ2) is 12.8. The first-order chi connectivity index (χ1) is 19.4. The number of benzene rings is 2. The zero-order chi connectivity index (χ0) is 28.2. The minimum absolute atomic E-state index is 0.0276. The van der Waals surface area contributed by atoms with Crippen LogP contribution in [0.3, 0.4) is 0 Å². The fourth-order valence-electron chi connectivity index (χ4n) is 6.63. The van der Waals surface area contributed by atoms with Crippen LogP contribution in [0.1, 0.15) is 75.7 Å². The highest BCUT2D eigenvalue weighted by Gasteiger charge is 2.45. The normalized spacial score (nSPS) is 35.2. The molecule has 0 amide bonds. The number of hydrazine groups is 2. The van der Waals surface area contributed by atoms with Gasteiger partial charge in [0, 0.05) is 14.1 Å². The average molecular weight is 543 g/mol. The van der Waals surface area contributed by atoms with Crippen molar-refractivity contribution in [3.63, 3.8) is 0 Å². The summed E-state index contributed by atoms with van der Waals surface area (Å²) < 4.78 is 12.6. The summed E-state index contributed by atoms with van der Waals surface area (Å²) in [6.07, 6.45) is 6.18. The Kier molecular flexibility index (Phi) is 9.17. The molecule has 0 unspecified atom stereocenters. The van der Waals surface area contributed by atoms with Crippen LogP contribution in [-0.4, -0.2) is 70.8 Å². The Bertz CT molecular complexity index is 1090. The van der Waals surface area contributed by atoms with E-state index in [1.807, 2.05) is 12.1 Å². The van der Waals surface area contributed by atoms with Gasteiger partial charge in [0.1, 0.15) is 36.7 Å². The minimum Gasteiger partial charge on any atom is -0.352 e. The van der Waals surface area contributed by atoms with Gasteiger partial charge in [0.15, 0.2) is 0 Å². The lowest BCUT2D eigenvalue weighted by Crippen LogP contribution is -2.63. The molecule has 0 spiro atoms. The second-order valence-electron chi connectivity index (χ2n) is 11.4. The Labute approximate surface area is 239 Å². The molecule has 8 nitrogen and oxygen atoms in total. The highest BCUT2D eigenvalue weighted by Crippen LogP contribution is 2.39. The van der Waals surface area contributed by atoms with E-state index in [1.54, 1.807) is 0 Å². The van der Waals surface area contributed by atoms with Gasteiger partial charge in [-0.3, -0.25) is 0 Å². The third-order valence-electron chi connectivity index (χ3n) is 9.03. The smallest absolute Gasteiger partial charge is 0.125 e. The third-order valence-corrected chi connectivity index (χ3v) is 9.03. The molecule has 2 aromatic carbocycles. The first-order valence-corrected chi connectivity index (χ1v) is 14.7. The maximum Gasteiger partial charge on any atom is 0.125 e. The van der Waals surface area contributed by atoms with E-state index in [1.165, 1.54) is 11.1 Å². The van der Waals surface area contributed by atoms with Crippen LogP contribution in [0.15, 0.2) is 60.7 Å². The maximum atomic E-state index is 9.34. The molecule has 4 fully saturated rings. The summed E-state index contributed by atoms with van der Waals surface area (Å²) in [6.45, 7) is 4.33. The van der Waals surface area contributed by atoms with Gasteiger partial charge in [0.2, 0.25) is 0 Å². The summed E-state index contributed by atoms with van der Waals surface area (Å²) in [4.78, 5) is 0. The Hall–Kier alpha value is -2.82. The molecule has 212 valence electrons. The first kappa shape index (κ1) is 28.7. The molecular formula is C32H42N6O2. The SMILES string of the molecule is C[C@H]1[C@H](c2ccccc2)O[C@@H]2CCC[C@H](C#N)N2N1C.C[C@H]1[C@H](c2ccccc2)O[C@@H]2CCC[C@H](C#N)N2N1C. The van der Waals surface area contributed by atoms with Crippen LogP contribution in [0, 0.1) is 22.7 Å². The Morgan fingerprint density at radius 1 is 0.625 bits per heavy atom. The van der Waals surface area contributed by atoms with E-state index >= 15 is 0 Å². The molecule has 8 heteroatoms. The van der Waals surface area contributed by atoms with Crippen molar-refractivity contribution in [2.75, 3.05) is 14.1 Å². The molecule has 6 rings (SSSR count). The number of ether oxygens (including phenoxy) is 2. The van der Waals surface area contributed by atoms with Crippen LogP contribution in [0.5, 0.6) is 0 Å². The molecule has 4 aliphatic rings. The summed E-state index contributed by atoms with van der Waals surface area (Å²) in [7, 11) is 4.15. The van der Waals surface area contributed by atoms with Gasteiger partial charge in [0.05, 0.1) is 24.2 Å². The molecule has 0 saturated carbocycles. The number of nitriles is 2. The molecule has 4 saturated heterocycles. The molecule has 2 aromatic rings. The van der Waals surface area contributed by atoms with Gasteiger partial charge in [-0.2, -0.15) is 20.5 Å². The van der Waals surface area contributed by atoms with Gasteiger partial charge < -0.3 is 9.47 Å². The van der Waals surface area contributed by atoms with Crippen molar-refractivity contribution in [2.45, 2.75) is 101 Å². The van der Waals surface area contributed by atoms with Gasteiger partial charge in [-0.05, 0) is 63.5 Å². The van der Waals surface area contributed by atoms with Crippen molar-refractivity contribution in [1.29, 1.82) is 10.5 Å². The van der Waals surface area contributed by atoms with Crippen LogP contribution >= 0.6 is 0 Å². The Balaban J connectivity index is 0.000000161. The zero-order valence-electron chi connectivity index (χ0n) is 24.1. The summed E-state index contributed by atoms with van der Waals surface area (Å²) in [5.74, 6) is 0. The summed E-state index contributed by atoms with van der Waals surface area (Å²) in [6, 6.07) is 25.9. The molecule has 8 atom stereocenters. The summed E-state index contributed by atoms with van der Waals surface area (Å²) in [5, 5.41) is 27.4. The van der Waals surface area contributed by atoms with Gasteiger partial charge in [-0.1, -0.05) is 60.7 Å². The van der Waals surface area contributed by atoms with E-state index in [-0.39, 0.29) is 48.8 Å². The fourth-order valence-corrected chi connectivity index (χ4v) is 6.63. The van der Waals surface area contributed by atoms with E-state index in [9.17, 15) is 10.5 Å². The Morgan fingerprint density at radius 3 is 1.35 bits per heavy atom. The van der Waals surface area contributed by atoms with E-state index < -0.39 is 0 Å². The highest BCUT2D eigenvalue weighted by molar-refractivity contribution is 5.21. The maximum absolute atomic E-state index is 9.34. The largest absolute Gasteiger partial charge is 0.352 e. The van der Waals surface area contributed by atoms with Crippen molar-refractivity contribution in [2.24, 2.45) is 0 Å². The fraction of sp³-hybridized carbons (Fsp3) is 0.562. The van der Waals surface area contributed by atoms with Crippen LogP contribution in [-0.2, 0) is 9.47 Å². The number of hydrogen-bond donors (Lipinski definition) is 0. The second-order valence-corrected chi connectivity index (χ2v) is 11.4. The monoisotopic (exact) mass is 542 g/mol. The third kappa shape index (κ3) is 5.66. The van der Waals surface area contributed by atoms with Crippen LogP contribution in [0.2, 0.25) is 0 Å². The number of hydrogen-bond acceptors (Lipinski definition) is 8. The van der Waals surface area contributed by atoms with E-state index in [4.69, 9.17) is 9.47 Å². The summed E-state index contributed by atoms with van der Waals surface area (Å²) >= 11 is 0. The predicted octanol–water partition coefficient (Wildman–Crippen LogP) is 5.39. The first-order valence-electron chi connectivity index (χ1n) is 14.7. The number of nitrogens with zero attached hydrogens (tertiary/aromatic N) is 6. The van der Waals surface area contributed by atoms with Crippen molar-refractivity contribution in [3.8, 4) is 12.1 Å². The van der Waals surface area contributed by atoms with Gasteiger partial charge in [-0.25, -0.2) is 10.0 Å². The molecule has 0 bridgehead atoms. The molecule has 4 aliphatic heterocycles. The van der Waals surface area contributed by atoms with Crippen LogP contribution in [0.4, 0.5) is 0 Å². The van der Waals surface area contributed by atoms with E-state index in [0.717, 1.165) is 38.5 Å². The molecule has 0 N–H and O–H groups in total.